The van der Waals surface area contributed by atoms with Gasteiger partial charge in [-0.2, -0.15) is 0 Å². The molecule has 1 aromatic carbocycles. The van der Waals surface area contributed by atoms with Crippen molar-refractivity contribution in [3.8, 4) is 10.6 Å². The minimum atomic E-state index is -1.09. The highest BCUT2D eigenvalue weighted by Gasteiger charge is 2.31. The molecule has 3 heterocycles. The Morgan fingerprint density at radius 1 is 1.27 bits per heavy atom. The Hall–Kier alpha value is -2.65. The van der Waals surface area contributed by atoms with Gasteiger partial charge in [0.25, 0.3) is 0 Å². The fourth-order valence-electron chi connectivity index (χ4n) is 3.65. The molecule has 3 aromatic rings. The molecule has 9 heteroatoms. The summed E-state index contributed by atoms with van der Waals surface area (Å²) in [6, 6.07) is 7.46. The number of likely N-dealkylation sites (tertiary alicyclic amines) is 1. The van der Waals surface area contributed by atoms with E-state index >= 15 is 0 Å². The zero-order valence-corrected chi connectivity index (χ0v) is 18.0. The summed E-state index contributed by atoms with van der Waals surface area (Å²) in [6.07, 6.45) is 1.22. The van der Waals surface area contributed by atoms with Crippen LogP contribution >= 0.6 is 11.3 Å². The highest BCUT2D eigenvalue weighted by molar-refractivity contribution is 7.14. The lowest BCUT2D eigenvalue weighted by molar-refractivity contribution is 0.119. The van der Waals surface area contributed by atoms with E-state index in [4.69, 9.17) is 0 Å². The molecule has 2 amide bonds. The lowest BCUT2D eigenvalue weighted by atomic mass is 10.0. The number of piperidine rings is 1. The van der Waals surface area contributed by atoms with E-state index in [9.17, 15) is 9.18 Å². The molecule has 0 saturated carbocycles. The molecular formula is C21H25FN6OS. The molecule has 1 fully saturated rings. The van der Waals surface area contributed by atoms with Crippen LogP contribution < -0.4 is 10.6 Å². The molecule has 0 radical (unpaired) electrons. The smallest absolute Gasteiger partial charge is 0.321 e. The number of hydrogen-bond donors (Lipinski definition) is 2. The number of carbonyl (C=O) groups is 1. The first-order chi connectivity index (χ1) is 14.4. The monoisotopic (exact) mass is 428 g/mol. The van der Waals surface area contributed by atoms with E-state index < -0.39 is 6.17 Å². The fraction of sp³-hybridized carbons (Fsp3) is 0.429. The van der Waals surface area contributed by atoms with Gasteiger partial charge in [-0.3, -0.25) is 5.32 Å². The molecule has 4 rings (SSSR count). The van der Waals surface area contributed by atoms with Crippen LogP contribution in [0.4, 0.5) is 15.0 Å². The van der Waals surface area contributed by atoms with E-state index in [0.717, 1.165) is 26.4 Å². The van der Waals surface area contributed by atoms with Crippen LogP contribution in [0.1, 0.15) is 25.3 Å². The minimum Gasteiger partial charge on any atom is -0.321 e. The summed E-state index contributed by atoms with van der Waals surface area (Å²) in [6.45, 7) is 6.49. The lowest BCUT2D eigenvalue weighted by Crippen LogP contribution is -2.54. The largest absolute Gasteiger partial charge is 0.323 e. The zero-order chi connectivity index (χ0) is 21.3. The maximum Gasteiger partial charge on any atom is 0.323 e. The third-order valence-electron chi connectivity index (χ3n) is 5.11. The fourth-order valence-corrected chi connectivity index (χ4v) is 4.34. The molecule has 7 nitrogen and oxygen atoms in total. The van der Waals surface area contributed by atoms with Crippen LogP contribution in [0.25, 0.3) is 21.3 Å². The van der Waals surface area contributed by atoms with E-state index in [1.165, 1.54) is 16.2 Å². The Kier molecular flexibility index (Phi) is 5.92. The number of nitrogens with zero attached hydrogens (tertiary/aromatic N) is 4. The van der Waals surface area contributed by atoms with Crippen molar-refractivity contribution in [1.29, 1.82) is 0 Å². The summed E-state index contributed by atoms with van der Waals surface area (Å²) in [5.74, 6) is 0.441. The maximum atomic E-state index is 14.5. The number of carbonyl (C=O) groups excluding carboxylic acids is 1. The van der Waals surface area contributed by atoms with E-state index in [-0.39, 0.29) is 24.7 Å². The molecule has 0 aliphatic carbocycles. The molecule has 0 unspecified atom stereocenters. The SMILES string of the molecule is Cc1nnc(-c2ccc3cnc(NC(=O)N4CC[C@H](NC(C)C)[C@H](F)C4)cc3c2)s1. The molecule has 0 spiro atoms. The van der Waals surface area contributed by atoms with Crippen molar-refractivity contribution in [1.82, 2.24) is 25.4 Å². The third kappa shape index (κ3) is 4.57. The van der Waals surface area contributed by atoms with Gasteiger partial charge in [0, 0.05) is 35.8 Å². The summed E-state index contributed by atoms with van der Waals surface area (Å²) in [4.78, 5) is 18.5. The number of nitrogens with one attached hydrogen (secondary N) is 2. The van der Waals surface area contributed by atoms with Crippen LogP contribution in [-0.4, -0.2) is 57.5 Å². The molecule has 1 aliphatic heterocycles. The number of alkyl halides is 1. The van der Waals surface area contributed by atoms with Crippen molar-refractivity contribution in [2.75, 3.05) is 18.4 Å². The van der Waals surface area contributed by atoms with Crippen molar-refractivity contribution in [3.63, 3.8) is 0 Å². The van der Waals surface area contributed by atoms with Gasteiger partial charge < -0.3 is 10.2 Å². The third-order valence-corrected chi connectivity index (χ3v) is 5.99. The van der Waals surface area contributed by atoms with Crippen LogP contribution in [0.2, 0.25) is 0 Å². The maximum absolute atomic E-state index is 14.5. The summed E-state index contributed by atoms with van der Waals surface area (Å²) < 4.78 is 14.5. The Morgan fingerprint density at radius 2 is 2.10 bits per heavy atom. The lowest BCUT2D eigenvalue weighted by Gasteiger charge is -2.35. The molecule has 1 saturated heterocycles. The van der Waals surface area contributed by atoms with Gasteiger partial charge in [-0.05, 0) is 30.9 Å². The van der Waals surface area contributed by atoms with Crippen molar-refractivity contribution in [2.24, 2.45) is 0 Å². The molecule has 30 heavy (non-hydrogen) atoms. The zero-order valence-electron chi connectivity index (χ0n) is 17.2. The van der Waals surface area contributed by atoms with Crippen LogP contribution in [0, 0.1) is 6.92 Å². The Morgan fingerprint density at radius 3 is 2.80 bits per heavy atom. The van der Waals surface area contributed by atoms with Gasteiger partial charge in [0.15, 0.2) is 0 Å². The van der Waals surface area contributed by atoms with Crippen molar-refractivity contribution in [3.05, 3.63) is 35.5 Å². The highest BCUT2D eigenvalue weighted by Crippen LogP contribution is 2.27. The molecule has 0 bridgehead atoms. The van der Waals surface area contributed by atoms with Crippen molar-refractivity contribution in [2.45, 2.75) is 45.4 Å². The Balaban J connectivity index is 1.46. The van der Waals surface area contributed by atoms with Crippen molar-refractivity contribution >= 4 is 34.0 Å². The van der Waals surface area contributed by atoms with Gasteiger partial charge >= 0.3 is 6.03 Å². The molecular weight excluding hydrogens is 403 g/mol. The average Bonchev–Trinajstić information content (AvgIpc) is 3.15. The number of rotatable bonds is 4. The number of fused-ring (bicyclic) bond motifs is 1. The average molecular weight is 429 g/mol. The molecule has 158 valence electrons. The van der Waals surface area contributed by atoms with Crippen molar-refractivity contribution < 1.29 is 9.18 Å². The number of urea groups is 1. The number of amides is 2. The van der Waals surface area contributed by atoms with E-state index in [1.54, 1.807) is 6.20 Å². The first-order valence-electron chi connectivity index (χ1n) is 10.1. The number of aryl methyl sites for hydroxylation is 1. The standard InChI is InChI=1S/C21H25FN6OS/c1-12(2)24-18-6-7-28(11-17(18)22)21(29)25-19-9-16-8-14(4-5-15(16)10-23-19)20-27-26-13(3)30-20/h4-5,8-10,12,17-18,24H,6-7,11H2,1-3H3,(H,23,25,29)/t17-,18+/m1/s1. The second-order valence-electron chi connectivity index (χ2n) is 7.87. The molecule has 2 aromatic heterocycles. The van der Waals surface area contributed by atoms with Gasteiger partial charge in [-0.15, -0.1) is 10.2 Å². The van der Waals surface area contributed by atoms with Crippen LogP contribution in [0.5, 0.6) is 0 Å². The summed E-state index contributed by atoms with van der Waals surface area (Å²) in [5, 5.41) is 18.0. The summed E-state index contributed by atoms with van der Waals surface area (Å²) in [7, 11) is 0. The first kappa shape index (κ1) is 20.6. The van der Waals surface area contributed by atoms with Gasteiger partial charge in [0.05, 0.1) is 6.54 Å². The number of anilines is 1. The van der Waals surface area contributed by atoms with Crippen LogP contribution in [-0.2, 0) is 0 Å². The van der Waals surface area contributed by atoms with Crippen LogP contribution in [0.15, 0.2) is 30.5 Å². The quantitative estimate of drug-likeness (QED) is 0.656. The number of hydrogen-bond acceptors (Lipinski definition) is 6. The molecule has 2 N–H and O–H groups in total. The highest BCUT2D eigenvalue weighted by atomic mass is 32.1. The van der Waals surface area contributed by atoms with E-state index in [1.807, 2.05) is 45.0 Å². The molecule has 2 atom stereocenters. The second kappa shape index (κ2) is 8.61. The minimum absolute atomic E-state index is 0.0738. The molecule has 1 aliphatic rings. The number of pyridine rings is 1. The second-order valence-corrected chi connectivity index (χ2v) is 9.05. The van der Waals surface area contributed by atoms with Crippen LogP contribution in [0.3, 0.4) is 0 Å². The Bertz CT molecular complexity index is 1050. The summed E-state index contributed by atoms with van der Waals surface area (Å²) >= 11 is 1.53. The van der Waals surface area contributed by atoms with Gasteiger partial charge in [0.1, 0.15) is 22.0 Å². The topological polar surface area (TPSA) is 83.0 Å². The number of aromatic nitrogens is 3. The number of benzene rings is 1. The Labute approximate surface area is 178 Å². The van der Waals surface area contributed by atoms with Gasteiger partial charge in [-0.1, -0.05) is 37.3 Å². The normalized spacial score (nSPS) is 19.4. The van der Waals surface area contributed by atoms with E-state index in [2.05, 4.69) is 25.8 Å². The predicted octanol–water partition coefficient (Wildman–Crippen LogP) is 4.00. The van der Waals surface area contributed by atoms with E-state index in [0.29, 0.717) is 18.8 Å². The number of halogens is 1. The summed E-state index contributed by atoms with van der Waals surface area (Å²) in [5.41, 5.74) is 0.969. The van der Waals surface area contributed by atoms with Gasteiger partial charge in [-0.25, -0.2) is 14.2 Å². The first-order valence-corrected chi connectivity index (χ1v) is 10.9. The van der Waals surface area contributed by atoms with Gasteiger partial charge in [0.2, 0.25) is 0 Å². The predicted molar refractivity (Wildman–Crippen MR) is 118 cm³/mol.